The van der Waals surface area contributed by atoms with Gasteiger partial charge in [-0.2, -0.15) is 10.1 Å². The molecule has 2 amide bonds. The third kappa shape index (κ3) is 4.09. The van der Waals surface area contributed by atoms with E-state index in [0.29, 0.717) is 0 Å². The number of aromatic nitrogens is 3. The van der Waals surface area contributed by atoms with Gasteiger partial charge in [0.1, 0.15) is 6.33 Å². The lowest BCUT2D eigenvalue weighted by atomic mass is 10.0. The Morgan fingerprint density at radius 2 is 2.18 bits per heavy atom. The van der Waals surface area contributed by atoms with Gasteiger partial charge in [0.25, 0.3) is 0 Å². The van der Waals surface area contributed by atoms with Gasteiger partial charge < -0.3 is 10.4 Å². The Morgan fingerprint density at radius 3 is 2.65 bits per heavy atom. The van der Waals surface area contributed by atoms with E-state index in [1.165, 1.54) is 11.0 Å². The number of carbonyl (C=O) groups excluding carboxylic acids is 1. The number of hydrogen-bond acceptors (Lipinski definition) is 4. The highest BCUT2D eigenvalue weighted by atomic mass is 16.4. The number of carboxylic acid groups (broad SMARTS) is 1. The zero-order valence-corrected chi connectivity index (χ0v) is 9.89. The molecule has 94 valence electrons. The molecule has 0 spiro atoms. The normalized spacial score (nSPS) is 11.0. The number of anilines is 1. The van der Waals surface area contributed by atoms with Crippen molar-refractivity contribution in [1.82, 2.24) is 20.1 Å². The molecule has 0 aromatic carbocycles. The van der Waals surface area contributed by atoms with Crippen molar-refractivity contribution in [2.24, 2.45) is 7.05 Å². The molecule has 0 saturated heterocycles. The first kappa shape index (κ1) is 12.9. The van der Waals surface area contributed by atoms with Crippen molar-refractivity contribution in [3.05, 3.63) is 6.33 Å². The Hall–Kier alpha value is -2.12. The molecule has 0 aliphatic heterocycles. The zero-order chi connectivity index (χ0) is 13.1. The standard InChI is InChI=1S/C9H15N5O3/c1-9(2,4-6(15)16)13-8(17)12-7-10-5-11-14(7)3/h5H,4H2,1-3H3,(H,15,16)(H2,10,11,12,13,17). The number of hydrogen-bond donors (Lipinski definition) is 3. The SMILES string of the molecule is Cn1ncnc1NC(=O)NC(C)(C)CC(=O)O. The van der Waals surface area contributed by atoms with E-state index in [1.807, 2.05) is 0 Å². The topological polar surface area (TPSA) is 109 Å². The predicted octanol–water partition coefficient (Wildman–Crippen LogP) is 0.190. The molecule has 0 bridgehead atoms. The van der Waals surface area contributed by atoms with E-state index >= 15 is 0 Å². The molecule has 1 heterocycles. The number of amides is 2. The molecular weight excluding hydrogens is 226 g/mol. The molecule has 1 rings (SSSR count). The molecule has 1 aromatic rings. The van der Waals surface area contributed by atoms with Crippen LogP contribution in [0.3, 0.4) is 0 Å². The lowest BCUT2D eigenvalue weighted by Crippen LogP contribution is -2.47. The molecule has 0 aliphatic rings. The molecule has 0 saturated carbocycles. The van der Waals surface area contributed by atoms with Gasteiger partial charge in [0.15, 0.2) is 0 Å². The Balaban J connectivity index is 2.55. The first-order chi connectivity index (χ1) is 7.80. The van der Waals surface area contributed by atoms with E-state index in [9.17, 15) is 9.59 Å². The number of carboxylic acids is 1. The molecule has 3 N–H and O–H groups in total. The van der Waals surface area contributed by atoms with Crippen LogP contribution in [0.2, 0.25) is 0 Å². The predicted molar refractivity (Wildman–Crippen MR) is 59.5 cm³/mol. The Bertz CT molecular complexity index is 426. The maximum atomic E-state index is 11.6. The number of urea groups is 1. The van der Waals surface area contributed by atoms with Gasteiger partial charge in [-0.15, -0.1) is 0 Å². The molecule has 0 atom stereocenters. The van der Waals surface area contributed by atoms with Crippen LogP contribution in [0, 0.1) is 0 Å². The number of carbonyl (C=O) groups is 2. The zero-order valence-electron chi connectivity index (χ0n) is 9.89. The van der Waals surface area contributed by atoms with E-state index in [4.69, 9.17) is 5.11 Å². The number of aryl methyl sites for hydroxylation is 1. The van der Waals surface area contributed by atoms with Crippen LogP contribution in [0.25, 0.3) is 0 Å². The van der Waals surface area contributed by atoms with Crippen molar-refractivity contribution < 1.29 is 14.7 Å². The van der Waals surface area contributed by atoms with E-state index < -0.39 is 17.5 Å². The quantitative estimate of drug-likeness (QED) is 0.697. The van der Waals surface area contributed by atoms with Crippen molar-refractivity contribution in [1.29, 1.82) is 0 Å². The Kier molecular flexibility index (Phi) is 3.66. The summed E-state index contributed by atoms with van der Waals surface area (Å²) in [5, 5.41) is 17.5. The van der Waals surface area contributed by atoms with Crippen LogP contribution in [-0.4, -0.2) is 37.4 Å². The molecule has 8 heteroatoms. The van der Waals surface area contributed by atoms with Gasteiger partial charge in [-0.25, -0.2) is 9.48 Å². The lowest BCUT2D eigenvalue weighted by Gasteiger charge is -2.24. The second-order valence-corrected chi connectivity index (χ2v) is 4.24. The van der Waals surface area contributed by atoms with Gasteiger partial charge in [-0.3, -0.25) is 10.1 Å². The average molecular weight is 241 g/mol. The minimum absolute atomic E-state index is 0.167. The highest BCUT2D eigenvalue weighted by molar-refractivity contribution is 5.88. The molecule has 17 heavy (non-hydrogen) atoms. The van der Waals surface area contributed by atoms with Gasteiger partial charge in [-0.1, -0.05) is 0 Å². The number of aliphatic carboxylic acids is 1. The van der Waals surface area contributed by atoms with Gasteiger partial charge in [0.05, 0.1) is 6.42 Å². The first-order valence-corrected chi connectivity index (χ1v) is 4.95. The lowest BCUT2D eigenvalue weighted by molar-refractivity contribution is -0.138. The second-order valence-electron chi connectivity index (χ2n) is 4.24. The fourth-order valence-electron chi connectivity index (χ4n) is 1.27. The highest BCUT2D eigenvalue weighted by Crippen LogP contribution is 2.08. The van der Waals surface area contributed by atoms with E-state index in [-0.39, 0.29) is 12.4 Å². The van der Waals surface area contributed by atoms with Crippen LogP contribution in [-0.2, 0) is 11.8 Å². The maximum Gasteiger partial charge on any atom is 0.322 e. The molecule has 0 unspecified atom stereocenters. The van der Waals surface area contributed by atoms with Gasteiger partial charge in [0.2, 0.25) is 5.95 Å². The van der Waals surface area contributed by atoms with E-state index in [2.05, 4.69) is 20.7 Å². The summed E-state index contributed by atoms with van der Waals surface area (Å²) in [6.07, 6.45) is 1.14. The van der Waals surface area contributed by atoms with Crippen LogP contribution in [0.1, 0.15) is 20.3 Å². The largest absolute Gasteiger partial charge is 0.481 e. The molecule has 8 nitrogen and oxygen atoms in total. The number of rotatable bonds is 4. The third-order valence-corrected chi connectivity index (χ3v) is 1.98. The minimum atomic E-state index is -0.978. The van der Waals surface area contributed by atoms with Crippen molar-refractivity contribution in [2.75, 3.05) is 5.32 Å². The molecular formula is C9H15N5O3. The van der Waals surface area contributed by atoms with E-state index in [1.54, 1.807) is 20.9 Å². The molecule has 0 radical (unpaired) electrons. The average Bonchev–Trinajstić information content (AvgIpc) is 2.47. The summed E-state index contributed by atoms with van der Waals surface area (Å²) >= 11 is 0. The summed E-state index contributed by atoms with van der Waals surface area (Å²) in [4.78, 5) is 25.9. The fourth-order valence-corrected chi connectivity index (χ4v) is 1.27. The number of nitrogens with zero attached hydrogens (tertiary/aromatic N) is 3. The van der Waals surface area contributed by atoms with Gasteiger partial charge in [-0.05, 0) is 13.8 Å². The second kappa shape index (κ2) is 4.81. The Labute approximate surface area is 98.0 Å². The van der Waals surface area contributed by atoms with Gasteiger partial charge >= 0.3 is 12.0 Å². The van der Waals surface area contributed by atoms with Crippen LogP contribution in [0.4, 0.5) is 10.7 Å². The maximum absolute atomic E-state index is 11.6. The van der Waals surface area contributed by atoms with Crippen molar-refractivity contribution in [3.63, 3.8) is 0 Å². The van der Waals surface area contributed by atoms with Crippen LogP contribution in [0.5, 0.6) is 0 Å². The van der Waals surface area contributed by atoms with Gasteiger partial charge in [0, 0.05) is 12.6 Å². The van der Waals surface area contributed by atoms with Crippen LogP contribution in [0.15, 0.2) is 6.33 Å². The summed E-state index contributed by atoms with van der Waals surface area (Å²) in [7, 11) is 1.63. The molecule has 1 aromatic heterocycles. The monoisotopic (exact) mass is 241 g/mol. The van der Waals surface area contributed by atoms with Crippen molar-refractivity contribution in [3.8, 4) is 0 Å². The molecule has 0 fully saturated rings. The van der Waals surface area contributed by atoms with Crippen molar-refractivity contribution >= 4 is 17.9 Å². The Morgan fingerprint density at radius 1 is 1.53 bits per heavy atom. The highest BCUT2D eigenvalue weighted by Gasteiger charge is 2.24. The summed E-state index contributed by atoms with van der Waals surface area (Å²) in [6, 6.07) is -0.521. The summed E-state index contributed by atoms with van der Waals surface area (Å²) < 4.78 is 1.39. The van der Waals surface area contributed by atoms with Crippen molar-refractivity contribution in [2.45, 2.75) is 25.8 Å². The number of nitrogens with one attached hydrogen (secondary N) is 2. The fraction of sp³-hybridized carbons (Fsp3) is 0.556. The summed E-state index contributed by atoms with van der Waals surface area (Å²) in [5.74, 6) is -0.692. The van der Waals surface area contributed by atoms with E-state index in [0.717, 1.165) is 0 Å². The smallest absolute Gasteiger partial charge is 0.322 e. The first-order valence-electron chi connectivity index (χ1n) is 4.95. The van der Waals surface area contributed by atoms with Crippen LogP contribution >= 0.6 is 0 Å². The minimum Gasteiger partial charge on any atom is -0.481 e. The third-order valence-electron chi connectivity index (χ3n) is 1.98. The summed E-state index contributed by atoms with van der Waals surface area (Å²) in [5.41, 5.74) is -0.839. The molecule has 0 aliphatic carbocycles. The van der Waals surface area contributed by atoms with Crippen LogP contribution < -0.4 is 10.6 Å². The summed E-state index contributed by atoms with van der Waals surface area (Å²) in [6.45, 7) is 3.24.